The molecule has 0 aromatic carbocycles. The van der Waals surface area contributed by atoms with Crippen LogP contribution in [-0.4, -0.2) is 5.78 Å². The Bertz CT molecular complexity index is 136. The number of Topliss-reactive ketones (excluding diaryl/α,β-unsaturated/α-hetero) is 1. The van der Waals surface area contributed by atoms with Crippen molar-refractivity contribution in [2.75, 3.05) is 0 Å². The van der Waals surface area contributed by atoms with E-state index in [9.17, 15) is 4.79 Å². The second-order valence-electron chi connectivity index (χ2n) is 4.12. The summed E-state index contributed by atoms with van der Waals surface area (Å²) < 4.78 is 0. The predicted molar refractivity (Wildman–Crippen MR) is 80.1 cm³/mol. The molecule has 0 saturated carbocycles. The Morgan fingerprint density at radius 3 is 1.69 bits per heavy atom. The fourth-order valence-electron chi connectivity index (χ4n) is 1.07. The van der Waals surface area contributed by atoms with Crippen molar-refractivity contribution in [1.82, 2.24) is 0 Å². The molecule has 0 unspecified atom stereocenters. The molecule has 0 aromatic rings. The van der Waals surface area contributed by atoms with Gasteiger partial charge in [0.1, 0.15) is 5.78 Å². The molecule has 1 heteroatoms. The molecular formula is C15H38O. The molecule has 0 aliphatic heterocycles. The first-order chi connectivity index (χ1) is 5.54. The summed E-state index contributed by atoms with van der Waals surface area (Å²) in [5.41, 5.74) is -0.0895. The molecular weight excluding hydrogens is 196 g/mol. The monoisotopic (exact) mass is 234 g/mol. The number of carbonyl (C=O) groups is 1. The summed E-state index contributed by atoms with van der Waals surface area (Å²) in [6.07, 6.45) is 5.18. The van der Waals surface area contributed by atoms with E-state index in [1.54, 1.807) is 0 Å². The van der Waals surface area contributed by atoms with Crippen LogP contribution in [0.2, 0.25) is 0 Å². The largest absolute Gasteiger partial charge is 0.299 e. The van der Waals surface area contributed by atoms with E-state index in [2.05, 4.69) is 13.8 Å². The Hall–Kier alpha value is -0.330. The molecule has 104 valence electrons. The van der Waals surface area contributed by atoms with Gasteiger partial charge in [-0.2, -0.15) is 0 Å². The van der Waals surface area contributed by atoms with Gasteiger partial charge in [0.15, 0.2) is 0 Å². The third kappa shape index (κ3) is 11.7. The Morgan fingerprint density at radius 2 is 1.38 bits per heavy atom. The van der Waals surface area contributed by atoms with E-state index in [0.29, 0.717) is 5.78 Å². The lowest BCUT2D eigenvalue weighted by Gasteiger charge is -2.20. The zero-order valence-electron chi connectivity index (χ0n) is 8.94. The van der Waals surface area contributed by atoms with Crippen molar-refractivity contribution in [3.8, 4) is 0 Å². The van der Waals surface area contributed by atoms with Gasteiger partial charge in [0.05, 0.1) is 0 Å². The third-order valence-electron chi connectivity index (χ3n) is 2.65. The highest BCUT2D eigenvalue weighted by molar-refractivity contribution is 5.83. The van der Waals surface area contributed by atoms with E-state index in [-0.39, 0.29) is 35.1 Å². The first kappa shape index (κ1) is 29.6. The first-order valence-electron chi connectivity index (χ1n) is 5.08. The number of hydrogen-bond donors (Lipinski definition) is 0. The van der Waals surface area contributed by atoms with Crippen molar-refractivity contribution < 1.29 is 4.79 Å². The summed E-state index contributed by atoms with van der Waals surface area (Å²) in [6, 6.07) is 0. The lowest BCUT2D eigenvalue weighted by atomic mass is 9.83. The Morgan fingerprint density at radius 1 is 0.938 bits per heavy atom. The van der Waals surface area contributed by atoms with Crippen LogP contribution >= 0.6 is 0 Å². The van der Waals surface area contributed by atoms with Crippen LogP contribution in [0.4, 0.5) is 0 Å². The van der Waals surface area contributed by atoms with Gasteiger partial charge in [-0.1, -0.05) is 70.2 Å². The Balaban J connectivity index is -0.000000101. The molecule has 0 radical (unpaired) electrons. The van der Waals surface area contributed by atoms with Crippen molar-refractivity contribution in [3.63, 3.8) is 0 Å². The summed E-state index contributed by atoms with van der Waals surface area (Å²) in [6.45, 7) is 8.33. The minimum Gasteiger partial charge on any atom is -0.299 e. The second kappa shape index (κ2) is 14.7. The highest BCUT2D eigenvalue weighted by atomic mass is 16.1. The van der Waals surface area contributed by atoms with E-state index in [0.717, 1.165) is 19.3 Å². The van der Waals surface area contributed by atoms with E-state index < -0.39 is 0 Å². The molecule has 0 N–H and O–H groups in total. The van der Waals surface area contributed by atoms with E-state index >= 15 is 0 Å². The summed E-state index contributed by atoms with van der Waals surface area (Å²) in [4.78, 5) is 11.6. The Labute approximate surface area is 106 Å². The van der Waals surface area contributed by atoms with Gasteiger partial charge in [-0.15, -0.1) is 0 Å². The number of hydrogen-bond acceptors (Lipinski definition) is 1. The van der Waals surface area contributed by atoms with Crippen LogP contribution in [0.5, 0.6) is 0 Å². The van der Waals surface area contributed by atoms with Crippen LogP contribution in [0.25, 0.3) is 0 Å². The first-order valence-corrected chi connectivity index (χ1v) is 5.08. The second-order valence-corrected chi connectivity index (χ2v) is 4.12. The zero-order chi connectivity index (χ0) is 9.61. The van der Waals surface area contributed by atoms with E-state index in [1.807, 2.05) is 13.8 Å². The van der Waals surface area contributed by atoms with Gasteiger partial charge in [-0.3, -0.25) is 4.79 Å². The van der Waals surface area contributed by atoms with E-state index in [1.165, 1.54) is 12.8 Å². The minimum absolute atomic E-state index is 0. The molecule has 0 amide bonds. The van der Waals surface area contributed by atoms with Crippen LogP contribution in [0.1, 0.15) is 89.5 Å². The fourth-order valence-corrected chi connectivity index (χ4v) is 1.07. The van der Waals surface area contributed by atoms with Crippen LogP contribution in [0, 0.1) is 5.41 Å². The summed E-state index contributed by atoms with van der Waals surface area (Å²) >= 11 is 0. The maximum absolute atomic E-state index is 11.6. The highest BCUT2D eigenvalue weighted by Gasteiger charge is 2.23. The fraction of sp³-hybridized carbons (Fsp3) is 0.933. The highest BCUT2D eigenvalue weighted by Crippen LogP contribution is 2.23. The van der Waals surface area contributed by atoms with Crippen molar-refractivity contribution in [2.24, 2.45) is 5.41 Å². The lowest BCUT2D eigenvalue weighted by molar-refractivity contribution is -0.127. The maximum atomic E-state index is 11.6. The van der Waals surface area contributed by atoms with Crippen molar-refractivity contribution in [3.05, 3.63) is 0 Å². The number of unbranched alkanes of at least 4 members (excludes halogenated alkanes) is 2. The van der Waals surface area contributed by atoms with Crippen LogP contribution in [0.15, 0.2) is 0 Å². The third-order valence-corrected chi connectivity index (χ3v) is 2.65. The molecule has 0 saturated heterocycles. The molecule has 16 heavy (non-hydrogen) atoms. The van der Waals surface area contributed by atoms with Crippen LogP contribution in [-0.2, 0) is 4.79 Å². The SMILES string of the molecule is C.C.C.C.CCCCCC(=O)C(C)(C)CC. The van der Waals surface area contributed by atoms with Gasteiger partial charge >= 0.3 is 0 Å². The topological polar surface area (TPSA) is 17.1 Å². The quantitative estimate of drug-likeness (QED) is 0.506. The van der Waals surface area contributed by atoms with Crippen molar-refractivity contribution in [2.45, 2.75) is 89.5 Å². The Kier molecular flexibility index (Phi) is 27.2. The van der Waals surface area contributed by atoms with Crippen molar-refractivity contribution >= 4 is 5.78 Å². The summed E-state index contributed by atoms with van der Waals surface area (Å²) in [5, 5.41) is 0. The number of ketones is 1. The van der Waals surface area contributed by atoms with Crippen molar-refractivity contribution in [1.29, 1.82) is 0 Å². The average Bonchev–Trinajstić information content (AvgIpc) is 2.05. The smallest absolute Gasteiger partial charge is 0.138 e. The summed E-state index contributed by atoms with van der Waals surface area (Å²) in [7, 11) is 0. The van der Waals surface area contributed by atoms with Gasteiger partial charge in [-0.05, 0) is 12.8 Å². The van der Waals surface area contributed by atoms with Crippen LogP contribution in [0.3, 0.4) is 0 Å². The maximum Gasteiger partial charge on any atom is 0.138 e. The zero-order valence-corrected chi connectivity index (χ0v) is 8.94. The molecule has 0 spiro atoms. The molecule has 0 heterocycles. The lowest BCUT2D eigenvalue weighted by Crippen LogP contribution is -2.22. The molecule has 1 nitrogen and oxygen atoms in total. The molecule has 0 rings (SSSR count). The molecule has 0 fully saturated rings. The van der Waals surface area contributed by atoms with Gasteiger partial charge in [0.25, 0.3) is 0 Å². The standard InChI is InChI=1S/C11H22O.4CH4/c1-5-7-8-9-10(12)11(3,4)6-2;;;;/h5-9H2,1-4H3;4*1H4. The average molecular weight is 234 g/mol. The molecule has 0 aromatic heterocycles. The molecule has 0 atom stereocenters. The van der Waals surface area contributed by atoms with Gasteiger partial charge in [0, 0.05) is 11.8 Å². The summed E-state index contributed by atoms with van der Waals surface area (Å²) in [5.74, 6) is 0.429. The predicted octanol–water partition coefficient (Wildman–Crippen LogP) is 6.12. The number of carbonyl (C=O) groups excluding carboxylic acids is 1. The molecule has 0 aliphatic carbocycles. The van der Waals surface area contributed by atoms with Crippen LogP contribution < -0.4 is 0 Å². The van der Waals surface area contributed by atoms with Gasteiger partial charge in [-0.25, -0.2) is 0 Å². The molecule has 0 bridgehead atoms. The minimum atomic E-state index is -0.0895. The molecule has 0 aliphatic rings. The normalized spacial score (nSPS) is 8.75. The van der Waals surface area contributed by atoms with Gasteiger partial charge in [0.2, 0.25) is 0 Å². The van der Waals surface area contributed by atoms with Gasteiger partial charge < -0.3 is 0 Å². The van der Waals surface area contributed by atoms with E-state index in [4.69, 9.17) is 0 Å². The number of rotatable bonds is 6.